The summed E-state index contributed by atoms with van der Waals surface area (Å²) < 4.78 is 38.4. The van der Waals surface area contributed by atoms with Gasteiger partial charge in [-0.25, -0.2) is 4.99 Å². The fourth-order valence-electron chi connectivity index (χ4n) is 1.76. The van der Waals surface area contributed by atoms with Crippen molar-refractivity contribution in [2.24, 2.45) is 10.7 Å². The molecular weight excluding hydrogens is 301 g/mol. The zero-order chi connectivity index (χ0) is 16.5. The Balaban J connectivity index is 2.25. The number of hydrazone groups is 1. The van der Waals surface area contributed by atoms with Crippen molar-refractivity contribution in [3.05, 3.63) is 41.6 Å². The fourth-order valence-corrected chi connectivity index (χ4v) is 1.76. The van der Waals surface area contributed by atoms with Gasteiger partial charge >= 0.3 is 6.18 Å². The summed E-state index contributed by atoms with van der Waals surface area (Å²) in [5, 5.41) is 9.12. The minimum Gasteiger partial charge on any atom is -0.379 e. The molecule has 1 heterocycles. The van der Waals surface area contributed by atoms with Crippen LogP contribution in [0.25, 0.3) is 0 Å². The van der Waals surface area contributed by atoms with E-state index >= 15 is 0 Å². The van der Waals surface area contributed by atoms with E-state index < -0.39 is 18.2 Å². The second-order valence-corrected chi connectivity index (χ2v) is 4.48. The van der Waals surface area contributed by atoms with E-state index in [1.54, 1.807) is 0 Å². The van der Waals surface area contributed by atoms with Crippen LogP contribution in [-0.4, -0.2) is 34.4 Å². The third kappa shape index (κ3) is 3.31. The molecule has 0 saturated heterocycles. The molecule has 1 aliphatic heterocycles. The quantitative estimate of drug-likeness (QED) is 0.725. The number of amidine groups is 1. The summed E-state index contributed by atoms with van der Waals surface area (Å²) in [5.74, 6) is -0.590. The second-order valence-electron chi connectivity index (χ2n) is 4.48. The van der Waals surface area contributed by atoms with Crippen LogP contribution in [0.15, 0.2) is 41.0 Å². The summed E-state index contributed by atoms with van der Waals surface area (Å²) in [6.45, 7) is 3.53. The van der Waals surface area contributed by atoms with E-state index in [1.165, 1.54) is 23.0 Å². The number of nitrogens with two attached hydrogens (primary N) is 1. The van der Waals surface area contributed by atoms with Gasteiger partial charge in [0.05, 0.1) is 5.69 Å². The molecule has 1 atom stereocenters. The maximum Gasteiger partial charge on any atom is 0.418 e. The van der Waals surface area contributed by atoms with Gasteiger partial charge in [0.25, 0.3) is 5.91 Å². The van der Waals surface area contributed by atoms with Gasteiger partial charge in [-0.2, -0.15) is 13.2 Å². The molecular formula is C13H12F3N4O2+. The molecule has 1 aliphatic rings. The zero-order valence-corrected chi connectivity index (χ0v) is 11.1. The maximum atomic E-state index is 12.4. The Morgan fingerprint density at radius 1 is 1.36 bits per heavy atom. The third-order valence-electron chi connectivity index (χ3n) is 2.81. The Hall–Kier alpha value is -2.68. The minimum absolute atomic E-state index is 0.0920. The number of nitrogens with one attached hydrogen (secondary N) is 1. The van der Waals surface area contributed by atoms with Gasteiger partial charge in [-0.3, -0.25) is 4.79 Å². The summed E-state index contributed by atoms with van der Waals surface area (Å²) in [5.41, 5.74) is 7.89. The third-order valence-corrected chi connectivity index (χ3v) is 2.81. The molecule has 116 valence electrons. The molecule has 2 rings (SSSR count). The molecule has 1 unspecified atom stereocenters. The Bertz CT molecular complexity index is 678. The molecule has 0 spiro atoms. The van der Waals surface area contributed by atoms with E-state index in [-0.39, 0.29) is 22.7 Å². The number of alkyl halides is 3. The number of aliphatic imine (C=N–C) groups is 1. The van der Waals surface area contributed by atoms with Crippen molar-refractivity contribution in [3.8, 4) is 0 Å². The van der Waals surface area contributed by atoms with Gasteiger partial charge in [-0.15, -0.1) is 5.43 Å². The first kappa shape index (κ1) is 15.7. The van der Waals surface area contributed by atoms with E-state index in [9.17, 15) is 18.0 Å². The van der Waals surface area contributed by atoms with Crippen molar-refractivity contribution in [1.29, 1.82) is 0 Å². The number of rotatable bonds is 3. The predicted octanol–water partition coefficient (Wildman–Crippen LogP) is 0.913. The van der Waals surface area contributed by atoms with Crippen molar-refractivity contribution in [1.82, 2.24) is 5.43 Å². The number of hydrogen-bond donors (Lipinski definition) is 3. The lowest BCUT2D eigenvalue weighted by Gasteiger charge is -2.14. The van der Waals surface area contributed by atoms with Crippen LogP contribution < -0.4 is 11.2 Å². The SMILES string of the molecule is C=[N+]1C=C(C(N)=O)C(=Nc2ccc(C(O)C(F)(F)F)cc2)N1. The summed E-state index contributed by atoms with van der Waals surface area (Å²) in [6, 6.07) is 4.76. The van der Waals surface area contributed by atoms with Gasteiger partial charge in [-0.05, 0) is 17.7 Å². The highest BCUT2D eigenvalue weighted by atomic mass is 19.4. The molecule has 22 heavy (non-hydrogen) atoms. The number of benzene rings is 1. The molecule has 1 aromatic rings. The highest BCUT2D eigenvalue weighted by Crippen LogP contribution is 2.33. The number of aliphatic hydroxyl groups excluding tert-OH is 1. The maximum absolute atomic E-state index is 12.4. The van der Waals surface area contributed by atoms with Crippen LogP contribution in [-0.2, 0) is 4.79 Å². The van der Waals surface area contributed by atoms with Gasteiger partial charge in [0, 0.05) is 0 Å². The highest BCUT2D eigenvalue weighted by molar-refractivity contribution is 6.20. The molecule has 4 N–H and O–H groups in total. The number of hydrogen-bond acceptors (Lipinski definition) is 3. The van der Waals surface area contributed by atoms with Crippen LogP contribution in [0.4, 0.5) is 18.9 Å². The summed E-state index contributed by atoms with van der Waals surface area (Å²) >= 11 is 0. The summed E-state index contributed by atoms with van der Waals surface area (Å²) in [7, 11) is 0. The number of carbonyl (C=O) groups excluding carboxylic acids is 1. The Labute approximate surface area is 123 Å². The molecule has 0 aliphatic carbocycles. The van der Waals surface area contributed by atoms with Crippen LogP contribution in [0.5, 0.6) is 0 Å². The highest BCUT2D eigenvalue weighted by Gasteiger charge is 2.39. The van der Waals surface area contributed by atoms with Gasteiger partial charge in [-0.1, -0.05) is 16.8 Å². The number of halogens is 3. The van der Waals surface area contributed by atoms with Crippen molar-refractivity contribution < 1.29 is 27.8 Å². The van der Waals surface area contributed by atoms with E-state index in [1.807, 2.05) is 0 Å². The molecule has 9 heteroatoms. The standard InChI is InChI=1S/C13H11F3N4O2/c1-20-6-9(11(17)22)12(19-20)18-8-4-2-7(3-5-8)10(21)13(14,15)16/h2-6,10,21H,1H2,(H2-,17,18,19,22)/p+1. The number of hydrazine groups is 1. The number of amides is 1. The Morgan fingerprint density at radius 3 is 2.45 bits per heavy atom. The molecule has 6 nitrogen and oxygen atoms in total. The van der Waals surface area contributed by atoms with Crippen LogP contribution in [0.3, 0.4) is 0 Å². The molecule has 0 bridgehead atoms. The zero-order valence-electron chi connectivity index (χ0n) is 11.1. The molecule has 0 radical (unpaired) electrons. The lowest BCUT2D eigenvalue weighted by molar-refractivity contribution is -0.488. The van der Waals surface area contributed by atoms with Gasteiger partial charge in [0.2, 0.25) is 12.0 Å². The summed E-state index contributed by atoms with van der Waals surface area (Å²) in [6.07, 6.45) is -5.96. The monoisotopic (exact) mass is 313 g/mol. The second kappa shape index (κ2) is 5.60. The van der Waals surface area contributed by atoms with E-state index in [0.29, 0.717) is 0 Å². The van der Waals surface area contributed by atoms with Crippen molar-refractivity contribution in [3.63, 3.8) is 0 Å². The van der Waals surface area contributed by atoms with Crippen LogP contribution in [0.2, 0.25) is 0 Å². The normalized spacial score (nSPS) is 18.1. The van der Waals surface area contributed by atoms with Gasteiger partial charge in [0.15, 0.2) is 18.4 Å². The fraction of sp³-hybridized carbons (Fsp3) is 0.154. The lowest BCUT2D eigenvalue weighted by atomic mass is 10.1. The Kier molecular flexibility index (Phi) is 4.00. The largest absolute Gasteiger partial charge is 0.418 e. The topological polar surface area (TPSA) is 90.7 Å². The average molecular weight is 313 g/mol. The van der Waals surface area contributed by atoms with E-state index in [2.05, 4.69) is 17.1 Å². The number of aliphatic hydroxyl groups is 1. The molecule has 0 aromatic heterocycles. The first-order chi connectivity index (χ1) is 10.2. The van der Waals surface area contributed by atoms with Crippen molar-refractivity contribution in [2.45, 2.75) is 12.3 Å². The minimum atomic E-state index is -4.74. The number of carbonyl (C=O) groups is 1. The molecule has 1 amide bonds. The number of nitrogens with zero attached hydrogens (tertiary/aromatic N) is 2. The van der Waals surface area contributed by atoms with Crippen LogP contribution in [0.1, 0.15) is 11.7 Å². The van der Waals surface area contributed by atoms with Crippen molar-refractivity contribution in [2.75, 3.05) is 0 Å². The molecule has 0 fully saturated rings. The van der Waals surface area contributed by atoms with Crippen molar-refractivity contribution >= 4 is 24.1 Å². The van der Waals surface area contributed by atoms with E-state index in [4.69, 9.17) is 10.8 Å². The lowest BCUT2D eigenvalue weighted by Crippen LogP contribution is -2.28. The van der Waals surface area contributed by atoms with E-state index in [0.717, 1.165) is 12.1 Å². The summed E-state index contributed by atoms with van der Waals surface area (Å²) in [4.78, 5) is 15.3. The van der Waals surface area contributed by atoms with Gasteiger partial charge < -0.3 is 10.8 Å². The smallest absolute Gasteiger partial charge is 0.379 e. The van der Waals surface area contributed by atoms with Crippen LogP contribution >= 0.6 is 0 Å². The average Bonchev–Trinajstić information content (AvgIpc) is 2.79. The van der Waals surface area contributed by atoms with Crippen LogP contribution in [0, 0.1) is 0 Å². The van der Waals surface area contributed by atoms with Gasteiger partial charge in [0.1, 0.15) is 0 Å². The molecule has 0 saturated carbocycles. The number of primary amides is 1. The molecule has 1 aromatic carbocycles. The first-order valence-electron chi connectivity index (χ1n) is 6.00. The predicted molar refractivity (Wildman–Crippen MR) is 72.3 cm³/mol. The Morgan fingerprint density at radius 2 is 1.95 bits per heavy atom. The first-order valence-corrected chi connectivity index (χ1v) is 6.00.